The molecule has 1 aliphatic rings. The van der Waals surface area contributed by atoms with Crippen molar-refractivity contribution in [3.8, 4) is 5.75 Å². The molecule has 4 aromatic rings. The van der Waals surface area contributed by atoms with Crippen molar-refractivity contribution in [2.24, 2.45) is 5.92 Å². The number of pyridine rings is 1. The molecule has 1 aromatic heterocycles. The van der Waals surface area contributed by atoms with Crippen molar-refractivity contribution < 1.29 is 38.2 Å². The van der Waals surface area contributed by atoms with Crippen molar-refractivity contribution in [3.63, 3.8) is 0 Å². The Morgan fingerprint density at radius 3 is 2.26 bits per heavy atom. The monoisotopic (exact) mass is 844 g/mol. The Balaban J connectivity index is 1.11. The molecule has 1 unspecified atom stereocenters. The van der Waals surface area contributed by atoms with Crippen LogP contribution in [0, 0.1) is 12.8 Å². The molecule has 3 aromatic carbocycles. The summed E-state index contributed by atoms with van der Waals surface area (Å²) in [6, 6.07) is 20.4. The lowest BCUT2D eigenvalue weighted by Gasteiger charge is -2.25. The Morgan fingerprint density at radius 2 is 1.56 bits per heavy atom. The van der Waals surface area contributed by atoms with Crippen LogP contribution >= 0.6 is 0 Å². The van der Waals surface area contributed by atoms with Crippen molar-refractivity contribution in [2.75, 3.05) is 24.3 Å². The zero-order valence-electron chi connectivity index (χ0n) is 36.0. The Hall–Kier alpha value is -6.83. The number of para-hydroxylation sites is 1. The number of anilines is 2. The van der Waals surface area contributed by atoms with Crippen LogP contribution in [0.15, 0.2) is 91.5 Å². The van der Waals surface area contributed by atoms with Crippen LogP contribution in [-0.4, -0.2) is 71.3 Å². The lowest BCUT2D eigenvalue weighted by Crippen LogP contribution is -2.54. The van der Waals surface area contributed by atoms with Crippen LogP contribution in [0.25, 0.3) is 16.5 Å². The predicted molar refractivity (Wildman–Crippen MR) is 239 cm³/mol. The van der Waals surface area contributed by atoms with Gasteiger partial charge >= 0.3 is 6.09 Å². The predicted octanol–water partition coefficient (Wildman–Crippen LogP) is 7.60. The van der Waals surface area contributed by atoms with Gasteiger partial charge in [-0.2, -0.15) is 0 Å². The van der Waals surface area contributed by atoms with Gasteiger partial charge in [0.1, 0.15) is 24.4 Å². The van der Waals surface area contributed by atoms with Crippen LogP contribution in [0.2, 0.25) is 0 Å². The van der Waals surface area contributed by atoms with Gasteiger partial charge in [-0.25, -0.2) is 4.79 Å². The molecule has 5 rings (SSSR count). The van der Waals surface area contributed by atoms with Gasteiger partial charge in [-0.05, 0) is 90.8 Å². The number of imide groups is 1. The van der Waals surface area contributed by atoms with Gasteiger partial charge in [0.05, 0.1) is 18.3 Å². The SMILES string of the molecule is C=C(c1ccc(OC)c(NC(=O)OCc2ccc(NC(=O)C(CCCC)NC(=O)[C@@H](NC(=O)CCCCCN3C(=O)C=CC3=O)C(C)C)cc2)c1)c1cc(C)nc2ccccc12. The number of aryl methyl sites for hydroxylation is 1. The van der Waals surface area contributed by atoms with Crippen molar-refractivity contribution >= 4 is 63.5 Å². The molecule has 4 N–H and O–H groups in total. The number of amides is 6. The number of benzene rings is 3. The molecule has 0 radical (unpaired) electrons. The van der Waals surface area contributed by atoms with Gasteiger partial charge in [0.15, 0.2) is 0 Å². The van der Waals surface area contributed by atoms with Crippen LogP contribution in [0.3, 0.4) is 0 Å². The first-order valence-electron chi connectivity index (χ1n) is 21.0. The lowest BCUT2D eigenvalue weighted by atomic mass is 9.95. The molecule has 0 saturated heterocycles. The zero-order chi connectivity index (χ0) is 44.8. The average molecular weight is 845 g/mol. The Kier molecular flexibility index (Phi) is 16.5. The highest BCUT2D eigenvalue weighted by atomic mass is 16.5. The third-order valence-electron chi connectivity index (χ3n) is 10.5. The summed E-state index contributed by atoms with van der Waals surface area (Å²) in [6.45, 7) is 12.2. The number of carbonyl (C=O) groups excluding carboxylic acids is 6. The molecule has 14 nitrogen and oxygen atoms in total. The zero-order valence-corrected chi connectivity index (χ0v) is 36.0. The highest BCUT2D eigenvalue weighted by Gasteiger charge is 2.29. The topological polar surface area (TPSA) is 185 Å². The smallest absolute Gasteiger partial charge is 0.412 e. The van der Waals surface area contributed by atoms with Gasteiger partial charge in [-0.15, -0.1) is 0 Å². The van der Waals surface area contributed by atoms with E-state index in [0.717, 1.165) is 39.7 Å². The van der Waals surface area contributed by atoms with E-state index in [9.17, 15) is 28.8 Å². The van der Waals surface area contributed by atoms with E-state index in [1.807, 2.05) is 64.1 Å². The summed E-state index contributed by atoms with van der Waals surface area (Å²) in [5.74, 6) is -1.63. The van der Waals surface area contributed by atoms with E-state index < -0.39 is 30.0 Å². The summed E-state index contributed by atoms with van der Waals surface area (Å²) < 4.78 is 11.1. The second-order valence-electron chi connectivity index (χ2n) is 15.6. The van der Waals surface area contributed by atoms with E-state index in [1.54, 1.807) is 36.4 Å². The van der Waals surface area contributed by atoms with E-state index in [4.69, 9.17) is 9.47 Å². The number of carbonyl (C=O) groups is 6. The normalized spacial score (nSPS) is 13.2. The molecule has 2 heterocycles. The van der Waals surface area contributed by atoms with Crippen LogP contribution in [-0.2, 0) is 35.3 Å². The summed E-state index contributed by atoms with van der Waals surface area (Å²) in [7, 11) is 1.52. The second-order valence-corrected chi connectivity index (χ2v) is 15.6. The molecule has 0 spiro atoms. The van der Waals surface area contributed by atoms with E-state index in [1.165, 1.54) is 24.2 Å². The Morgan fingerprint density at radius 1 is 0.839 bits per heavy atom. The molecule has 0 bridgehead atoms. The standard InChI is InChI=1S/C48H56N6O8/c1-7-8-15-39(51-47(59)45(30(2)3)53-42(55)17-10-9-13-26-54-43(56)24-25-44(54)57)46(58)50-35-21-18-33(19-22-35)29-62-48(60)52-40-28-34(20-23-41(40)61-6)32(5)37-27-31(4)49-38-16-12-11-14-36(37)38/h11-12,14,16,18-25,27-28,30,39,45H,5,7-10,13,15,17,26,29H2,1-4,6H3,(H,50,58)(H,51,59)(H,52,60)(H,53,55)/t39?,45-/m0/s1. The van der Waals surface area contributed by atoms with E-state index in [-0.39, 0.29) is 36.7 Å². The number of ether oxygens (including phenoxy) is 2. The van der Waals surface area contributed by atoms with Crippen molar-refractivity contribution in [1.82, 2.24) is 20.5 Å². The first kappa shape index (κ1) is 46.2. The molecular weight excluding hydrogens is 789 g/mol. The minimum absolute atomic E-state index is 0.0487. The molecule has 14 heteroatoms. The number of nitrogens with one attached hydrogen (secondary N) is 4. The van der Waals surface area contributed by atoms with E-state index in [2.05, 4.69) is 32.8 Å². The second kappa shape index (κ2) is 22.1. The first-order valence-corrected chi connectivity index (χ1v) is 21.0. The summed E-state index contributed by atoms with van der Waals surface area (Å²) in [6.07, 6.45) is 5.57. The number of aromatic nitrogens is 1. The Bertz CT molecular complexity index is 2300. The van der Waals surface area contributed by atoms with E-state index >= 15 is 0 Å². The van der Waals surface area contributed by atoms with Gasteiger partial charge in [0, 0.05) is 41.9 Å². The molecule has 2 atom stereocenters. The number of fused-ring (bicyclic) bond motifs is 1. The minimum Gasteiger partial charge on any atom is -0.495 e. The molecule has 326 valence electrons. The molecule has 0 fully saturated rings. The highest BCUT2D eigenvalue weighted by Crippen LogP contribution is 2.33. The number of rotatable bonds is 21. The van der Waals surface area contributed by atoms with Crippen LogP contribution in [0.1, 0.15) is 88.1 Å². The van der Waals surface area contributed by atoms with Gasteiger partial charge in [0.2, 0.25) is 17.7 Å². The lowest BCUT2D eigenvalue weighted by molar-refractivity contribution is -0.137. The highest BCUT2D eigenvalue weighted by molar-refractivity contribution is 6.12. The number of nitrogens with zero attached hydrogens (tertiary/aromatic N) is 2. The molecule has 0 saturated carbocycles. The van der Waals surface area contributed by atoms with Crippen molar-refractivity contribution in [1.29, 1.82) is 0 Å². The van der Waals surface area contributed by atoms with Gasteiger partial charge < -0.3 is 25.4 Å². The average Bonchev–Trinajstić information content (AvgIpc) is 3.58. The fraction of sp³-hybridized carbons (Fsp3) is 0.354. The van der Waals surface area contributed by atoms with E-state index in [0.29, 0.717) is 61.3 Å². The molecule has 0 aliphatic carbocycles. The first-order chi connectivity index (χ1) is 29.8. The Labute approximate surface area is 362 Å². The number of methoxy groups -OCH3 is 1. The minimum atomic E-state index is -0.858. The van der Waals surface area contributed by atoms with Crippen molar-refractivity contribution in [2.45, 2.75) is 91.3 Å². The maximum Gasteiger partial charge on any atom is 0.412 e. The third-order valence-corrected chi connectivity index (χ3v) is 10.5. The third kappa shape index (κ3) is 12.6. The van der Waals surface area contributed by atoms with Crippen LogP contribution in [0.4, 0.5) is 16.2 Å². The fourth-order valence-electron chi connectivity index (χ4n) is 7.02. The number of unbranched alkanes of at least 4 members (excludes halogenated alkanes) is 3. The number of hydrogen-bond acceptors (Lipinski definition) is 9. The largest absolute Gasteiger partial charge is 0.495 e. The summed E-state index contributed by atoms with van der Waals surface area (Å²) in [4.78, 5) is 82.1. The molecule has 6 amide bonds. The van der Waals surface area contributed by atoms with Gasteiger partial charge in [-0.1, -0.05) is 83.0 Å². The summed E-state index contributed by atoms with van der Waals surface area (Å²) in [5, 5.41) is 12.3. The molecule has 62 heavy (non-hydrogen) atoms. The number of hydrogen-bond donors (Lipinski definition) is 4. The van der Waals surface area contributed by atoms with Gasteiger partial charge in [0.25, 0.3) is 11.8 Å². The van der Waals surface area contributed by atoms with Crippen LogP contribution in [0.5, 0.6) is 5.75 Å². The summed E-state index contributed by atoms with van der Waals surface area (Å²) >= 11 is 0. The van der Waals surface area contributed by atoms with Crippen LogP contribution < -0.4 is 26.0 Å². The van der Waals surface area contributed by atoms with Crippen molar-refractivity contribution in [3.05, 3.63) is 114 Å². The molecular formula is C48H56N6O8. The van der Waals surface area contributed by atoms with Gasteiger partial charge in [-0.3, -0.25) is 39.2 Å². The molecule has 1 aliphatic heterocycles. The fourth-order valence-corrected chi connectivity index (χ4v) is 7.02. The quantitative estimate of drug-likeness (QED) is 0.0484. The maximum absolute atomic E-state index is 13.5. The maximum atomic E-state index is 13.5. The summed E-state index contributed by atoms with van der Waals surface area (Å²) in [5.41, 5.74) is 5.77.